The number of aromatic nitrogens is 1. The van der Waals surface area contributed by atoms with Crippen LogP contribution in [0.15, 0.2) is 103 Å². The van der Waals surface area contributed by atoms with E-state index in [0.717, 1.165) is 33.3 Å². The maximum absolute atomic E-state index is 9.69. The van der Waals surface area contributed by atoms with E-state index < -0.39 is 0 Å². The minimum Gasteiger partial charge on any atom is -0.378 e. The number of nitrogens with zero attached hydrogens (tertiary/aromatic N) is 3. The minimum atomic E-state index is 0.611. The quantitative estimate of drug-likeness (QED) is 0.307. The van der Waals surface area contributed by atoms with Gasteiger partial charge in [0.15, 0.2) is 0 Å². The molecule has 0 amide bonds. The smallest absolute Gasteiger partial charge is 0.0999 e. The van der Waals surface area contributed by atoms with Crippen LogP contribution in [-0.4, -0.2) is 19.1 Å². The lowest BCUT2D eigenvalue weighted by Crippen LogP contribution is -2.07. The van der Waals surface area contributed by atoms with Crippen LogP contribution in [0.25, 0.3) is 29.1 Å². The molecule has 0 aliphatic carbocycles. The number of benzene rings is 2. The molecule has 0 N–H and O–H groups in total. The van der Waals surface area contributed by atoms with Gasteiger partial charge in [0.2, 0.25) is 0 Å². The third-order valence-corrected chi connectivity index (χ3v) is 5.14. The van der Waals surface area contributed by atoms with Gasteiger partial charge in [-0.2, -0.15) is 5.26 Å². The molecule has 0 fully saturated rings. The summed E-state index contributed by atoms with van der Waals surface area (Å²) in [6, 6.07) is 18.4. The molecular weight excluding hydrogens is 438 g/mol. The van der Waals surface area contributed by atoms with E-state index in [1.54, 1.807) is 0 Å². The topological polar surface area (TPSA) is 39.9 Å². The van der Waals surface area contributed by atoms with Gasteiger partial charge in [0.25, 0.3) is 0 Å². The van der Waals surface area contributed by atoms with E-state index in [1.165, 1.54) is 5.69 Å². The van der Waals surface area contributed by atoms with Crippen LogP contribution in [0.2, 0.25) is 0 Å². The van der Waals surface area contributed by atoms with Gasteiger partial charge >= 0.3 is 0 Å². The number of fused-ring (bicyclic) bond motifs is 1. The summed E-state index contributed by atoms with van der Waals surface area (Å²) >= 11 is 0. The molecule has 0 saturated carbocycles. The van der Waals surface area contributed by atoms with E-state index in [0.29, 0.717) is 5.56 Å². The van der Waals surface area contributed by atoms with Crippen molar-refractivity contribution in [1.29, 1.82) is 5.26 Å². The maximum Gasteiger partial charge on any atom is 0.0999 e. The Morgan fingerprint density at radius 3 is 2.17 bits per heavy atom. The fraction of sp³-hybridized carbons (Fsp3) is 0.152. The molecule has 0 bridgehead atoms. The first kappa shape index (κ1) is 27.8. The molecule has 0 atom stereocenters. The summed E-state index contributed by atoms with van der Waals surface area (Å²) in [7, 11) is 4.05. The van der Waals surface area contributed by atoms with E-state index in [-0.39, 0.29) is 0 Å². The highest BCUT2D eigenvalue weighted by atomic mass is 15.1. The molecule has 0 radical (unpaired) electrons. The van der Waals surface area contributed by atoms with Crippen LogP contribution in [0.1, 0.15) is 43.2 Å². The van der Waals surface area contributed by atoms with Crippen LogP contribution >= 0.6 is 0 Å². The molecule has 0 spiro atoms. The van der Waals surface area contributed by atoms with Gasteiger partial charge < -0.3 is 4.90 Å². The van der Waals surface area contributed by atoms with Crippen molar-refractivity contribution in [1.82, 2.24) is 4.98 Å². The molecule has 1 heterocycles. The lowest BCUT2D eigenvalue weighted by Gasteiger charge is -2.11. The van der Waals surface area contributed by atoms with Crippen molar-refractivity contribution in [2.24, 2.45) is 0 Å². The van der Waals surface area contributed by atoms with Gasteiger partial charge in [-0.1, -0.05) is 93.3 Å². The third-order valence-electron chi connectivity index (χ3n) is 5.14. The number of allylic oxidation sites excluding steroid dienone is 8. The Morgan fingerprint density at radius 2 is 1.50 bits per heavy atom. The van der Waals surface area contributed by atoms with E-state index in [2.05, 4.69) is 41.8 Å². The fourth-order valence-electron chi connectivity index (χ4n) is 3.37. The second-order valence-electron chi connectivity index (χ2n) is 7.98. The van der Waals surface area contributed by atoms with Crippen molar-refractivity contribution in [2.75, 3.05) is 19.0 Å². The number of nitriles is 1. The van der Waals surface area contributed by atoms with Crippen molar-refractivity contribution in [2.45, 2.75) is 20.8 Å². The zero-order valence-electron chi connectivity index (χ0n) is 21.9. The van der Waals surface area contributed by atoms with Gasteiger partial charge in [0.05, 0.1) is 22.8 Å². The van der Waals surface area contributed by atoms with Gasteiger partial charge in [0.1, 0.15) is 0 Å². The van der Waals surface area contributed by atoms with Gasteiger partial charge in [-0.25, -0.2) is 4.98 Å². The fourth-order valence-corrected chi connectivity index (χ4v) is 3.37. The average Bonchev–Trinajstić information content (AvgIpc) is 2.90. The van der Waals surface area contributed by atoms with Crippen molar-refractivity contribution in [3.63, 3.8) is 0 Å². The Kier molecular flexibility index (Phi) is 11.4. The number of pyridine rings is 1. The maximum atomic E-state index is 9.69. The molecule has 1 aromatic heterocycles. The van der Waals surface area contributed by atoms with E-state index in [9.17, 15) is 5.26 Å². The normalized spacial score (nSPS) is 11.6. The molecule has 0 aliphatic rings. The first-order chi connectivity index (χ1) is 17.5. The van der Waals surface area contributed by atoms with Gasteiger partial charge in [-0.15, -0.1) is 0 Å². The highest BCUT2D eigenvalue weighted by Crippen LogP contribution is 2.21. The van der Waals surface area contributed by atoms with Gasteiger partial charge in [-0.05, 0) is 60.0 Å². The van der Waals surface area contributed by atoms with E-state index >= 15 is 0 Å². The van der Waals surface area contributed by atoms with Crippen molar-refractivity contribution < 1.29 is 0 Å². The van der Waals surface area contributed by atoms with Gasteiger partial charge in [0, 0.05) is 25.2 Å². The molecule has 0 unspecified atom stereocenters. The lowest BCUT2D eigenvalue weighted by atomic mass is 10.0. The Labute approximate surface area is 216 Å². The molecule has 3 nitrogen and oxygen atoms in total. The molecule has 3 aromatic rings. The molecule has 36 heavy (non-hydrogen) atoms. The van der Waals surface area contributed by atoms with E-state index in [1.807, 2.05) is 120 Å². The molecule has 182 valence electrons. The zero-order chi connectivity index (χ0) is 26.3. The highest BCUT2D eigenvalue weighted by molar-refractivity contribution is 5.88. The molecule has 0 saturated heterocycles. The SMILES string of the molecule is C=C(/C=C\C)/C=C/C=C/c1ccc2nc(/C=C/C=C/c3ccc(N(C)C)cc3)cc(C#N)c2c1.CC. The summed E-state index contributed by atoms with van der Waals surface area (Å²) in [6.07, 6.45) is 19.7. The summed E-state index contributed by atoms with van der Waals surface area (Å²) in [6.45, 7) is 9.91. The zero-order valence-corrected chi connectivity index (χ0v) is 21.9. The van der Waals surface area contributed by atoms with Crippen LogP contribution < -0.4 is 4.90 Å². The molecule has 3 rings (SSSR count). The monoisotopic (exact) mass is 473 g/mol. The summed E-state index contributed by atoms with van der Waals surface area (Å²) in [5, 5.41) is 10.5. The molecule has 3 heteroatoms. The number of hydrogen-bond donors (Lipinski definition) is 0. The van der Waals surface area contributed by atoms with Crippen LogP contribution in [0.4, 0.5) is 5.69 Å². The number of hydrogen-bond acceptors (Lipinski definition) is 3. The molecule has 2 aromatic carbocycles. The number of rotatable bonds is 8. The van der Waals surface area contributed by atoms with Crippen LogP contribution in [-0.2, 0) is 0 Å². The predicted octanol–water partition coefficient (Wildman–Crippen LogP) is 8.63. The predicted molar refractivity (Wildman–Crippen MR) is 159 cm³/mol. The first-order valence-electron chi connectivity index (χ1n) is 12.1. The Bertz CT molecular complexity index is 1340. The Hall–Kier alpha value is -4.42. The average molecular weight is 474 g/mol. The lowest BCUT2D eigenvalue weighted by molar-refractivity contribution is 1.13. The van der Waals surface area contributed by atoms with Crippen molar-refractivity contribution in [3.05, 3.63) is 126 Å². The summed E-state index contributed by atoms with van der Waals surface area (Å²) in [4.78, 5) is 6.78. The molecular formula is C33H35N3. The Morgan fingerprint density at radius 1 is 0.861 bits per heavy atom. The first-order valence-corrected chi connectivity index (χ1v) is 12.1. The van der Waals surface area contributed by atoms with Crippen LogP contribution in [0, 0.1) is 11.3 Å². The second-order valence-corrected chi connectivity index (χ2v) is 7.98. The van der Waals surface area contributed by atoms with Crippen molar-refractivity contribution in [3.8, 4) is 6.07 Å². The van der Waals surface area contributed by atoms with Crippen LogP contribution in [0.3, 0.4) is 0 Å². The standard InChI is InChI=1S/C31H29N3.C2H6/c1-5-10-24(2)11-6-7-13-26-17-20-31-30(21-26)27(23-32)22-28(33-31)14-9-8-12-25-15-18-29(19-16-25)34(3)4;1-2/h5-22H,2H2,1,3-4H3;1-2H3/b10-5-,11-6+,12-8+,13-7+,14-9+;. The largest absolute Gasteiger partial charge is 0.378 e. The summed E-state index contributed by atoms with van der Waals surface area (Å²) in [5.74, 6) is 0. The highest BCUT2D eigenvalue weighted by Gasteiger charge is 2.05. The van der Waals surface area contributed by atoms with Crippen molar-refractivity contribution >= 4 is 34.8 Å². The van der Waals surface area contributed by atoms with Crippen LogP contribution in [0.5, 0.6) is 0 Å². The Balaban J connectivity index is 0.00000222. The minimum absolute atomic E-state index is 0.611. The van der Waals surface area contributed by atoms with Gasteiger partial charge in [-0.3, -0.25) is 0 Å². The second kappa shape index (κ2) is 14.8. The summed E-state index contributed by atoms with van der Waals surface area (Å²) in [5.41, 5.74) is 6.42. The number of anilines is 1. The third kappa shape index (κ3) is 8.42. The summed E-state index contributed by atoms with van der Waals surface area (Å²) < 4.78 is 0. The molecule has 0 aliphatic heterocycles. The van der Waals surface area contributed by atoms with E-state index in [4.69, 9.17) is 4.98 Å².